The highest BCUT2D eigenvalue weighted by molar-refractivity contribution is 5.71. The summed E-state index contributed by atoms with van der Waals surface area (Å²) in [5, 5.41) is 0. The first-order valence-corrected chi connectivity index (χ1v) is 35.2. The molecule has 0 aliphatic rings. The number of esters is 3. The predicted octanol–water partition coefficient (Wildman–Crippen LogP) is 24.4. The molecule has 0 aromatic rings. The second-order valence-electron chi connectivity index (χ2n) is 23.4. The van der Waals surface area contributed by atoms with Crippen molar-refractivity contribution >= 4 is 17.9 Å². The topological polar surface area (TPSA) is 78.9 Å². The first kappa shape index (κ1) is 78.3. The molecule has 0 bridgehead atoms. The van der Waals surface area contributed by atoms with Crippen molar-refractivity contribution in [3.63, 3.8) is 0 Å². The van der Waals surface area contributed by atoms with Gasteiger partial charge in [-0.2, -0.15) is 0 Å². The van der Waals surface area contributed by atoms with Crippen LogP contribution in [0.5, 0.6) is 0 Å². The van der Waals surface area contributed by atoms with Crippen molar-refractivity contribution in [2.75, 3.05) is 13.2 Å². The summed E-state index contributed by atoms with van der Waals surface area (Å²) in [6.07, 6.45) is 94.4. The van der Waals surface area contributed by atoms with Gasteiger partial charge in [0, 0.05) is 19.3 Å². The van der Waals surface area contributed by atoms with E-state index in [1.54, 1.807) is 0 Å². The third kappa shape index (κ3) is 67.1. The standard InChI is InChI=1S/C76H132O6/c1-4-7-10-13-16-19-22-25-28-31-34-36-38-40-42-45-48-51-54-57-60-63-66-69-75(78)81-72-73(71-80-74(77)68-65-62-59-56-53-50-47-44-41-33-30-27-24-21-18-15-12-9-6-3)82-76(79)70-67-64-61-58-55-52-49-46-43-39-37-35-32-29-26-23-20-17-14-11-8-5-2/h9,12,18,21-22,25,27,30-31,34,41,44,50,53,59,62,73H,4-8,10-11,13-17,19-20,23-24,26,28-29,32-33,35-40,42-43,45-49,51-52,54-58,60-61,63-72H2,1-3H3/b12-9-,21-18-,25-22-,30-27-,34-31-,44-41-,53-50-,62-59-. The summed E-state index contributed by atoms with van der Waals surface area (Å²) >= 11 is 0. The Balaban J connectivity index is 4.43. The van der Waals surface area contributed by atoms with E-state index in [9.17, 15) is 14.4 Å². The molecule has 6 heteroatoms. The molecule has 0 saturated heterocycles. The summed E-state index contributed by atoms with van der Waals surface area (Å²) in [5.74, 6) is -0.971. The van der Waals surface area contributed by atoms with Crippen LogP contribution >= 0.6 is 0 Å². The van der Waals surface area contributed by atoms with Crippen molar-refractivity contribution in [2.24, 2.45) is 0 Å². The molecule has 0 spiro atoms. The number of carbonyl (C=O) groups is 3. The third-order valence-corrected chi connectivity index (χ3v) is 15.3. The number of ether oxygens (including phenoxy) is 3. The van der Waals surface area contributed by atoms with Gasteiger partial charge in [0.05, 0.1) is 0 Å². The van der Waals surface area contributed by atoms with E-state index in [0.717, 1.165) is 83.5 Å². The molecule has 6 nitrogen and oxygen atoms in total. The number of rotatable bonds is 64. The fourth-order valence-corrected chi connectivity index (χ4v) is 10.1. The van der Waals surface area contributed by atoms with Crippen LogP contribution in [0.4, 0.5) is 0 Å². The Hall–Kier alpha value is -3.67. The fourth-order valence-electron chi connectivity index (χ4n) is 10.1. The van der Waals surface area contributed by atoms with E-state index >= 15 is 0 Å². The van der Waals surface area contributed by atoms with Gasteiger partial charge in [0.25, 0.3) is 0 Å². The van der Waals surface area contributed by atoms with Crippen molar-refractivity contribution in [2.45, 2.75) is 354 Å². The molecule has 472 valence electrons. The summed E-state index contributed by atoms with van der Waals surface area (Å²) in [5.41, 5.74) is 0. The number of carbonyl (C=O) groups excluding carboxylic acids is 3. The van der Waals surface area contributed by atoms with E-state index in [2.05, 4.69) is 112 Å². The maximum Gasteiger partial charge on any atom is 0.306 e. The van der Waals surface area contributed by atoms with Crippen molar-refractivity contribution in [3.8, 4) is 0 Å². The van der Waals surface area contributed by atoms with Crippen molar-refractivity contribution < 1.29 is 28.6 Å². The lowest BCUT2D eigenvalue weighted by atomic mass is 10.0. The predicted molar refractivity (Wildman–Crippen MR) is 357 cm³/mol. The quantitative estimate of drug-likeness (QED) is 0.0261. The van der Waals surface area contributed by atoms with Gasteiger partial charge in [-0.1, -0.05) is 336 Å². The van der Waals surface area contributed by atoms with Gasteiger partial charge in [0.1, 0.15) is 13.2 Å². The molecule has 1 unspecified atom stereocenters. The smallest absolute Gasteiger partial charge is 0.306 e. The monoisotopic (exact) mass is 1140 g/mol. The molecule has 0 fully saturated rings. The van der Waals surface area contributed by atoms with Crippen molar-refractivity contribution in [3.05, 3.63) is 97.2 Å². The van der Waals surface area contributed by atoms with Gasteiger partial charge in [-0.25, -0.2) is 0 Å². The minimum Gasteiger partial charge on any atom is -0.462 e. The first-order chi connectivity index (χ1) is 40.5. The zero-order valence-corrected chi connectivity index (χ0v) is 54.2. The minimum atomic E-state index is -0.810. The molecule has 0 N–H and O–H groups in total. The SMILES string of the molecule is CC/C=C\C/C=C\C/C=C\C/C=C\C/C=C\C/C=C\CCC(=O)OCC(COC(=O)CCCCCCCCCCCCC/C=C\C/C=C\CCCCCCC)OC(=O)CCCCCCCCCCCCCCCCCCCCCCCC. The van der Waals surface area contributed by atoms with Crippen LogP contribution in [0.2, 0.25) is 0 Å². The molecular weight excluding hydrogens is 1010 g/mol. The number of hydrogen-bond acceptors (Lipinski definition) is 6. The van der Waals surface area contributed by atoms with Crippen molar-refractivity contribution in [1.82, 2.24) is 0 Å². The van der Waals surface area contributed by atoms with E-state index in [-0.39, 0.29) is 37.5 Å². The molecule has 82 heavy (non-hydrogen) atoms. The van der Waals surface area contributed by atoms with Crippen molar-refractivity contribution in [1.29, 1.82) is 0 Å². The van der Waals surface area contributed by atoms with Gasteiger partial charge < -0.3 is 14.2 Å². The second-order valence-corrected chi connectivity index (χ2v) is 23.4. The normalized spacial score (nSPS) is 12.7. The van der Waals surface area contributed by atoms with E-state index in [1.807, 2.05) is 6.08 Å². The Morgan fingerprint density at radius 1 is 0.256 bits per heavy atom. The molecule has 0 aliphatic heterocycles. The van der Waals surface area contributed by atoms with Crippen LogP contribution in [0.3, 0.4) is 0 Å². The van der Waals surface area contributed by atoms with Gasteiger partial charge in [0.15, 0.2) is 6.10 Å². The zero-order valence-electron chi connectivity index (χ0n) is 54.2. The van der Waals surface area contributed by atoms with E-state index in [0.29, 0.717) is 19.3 Å². The van der Waals surface area contributed by atoms with E-state index in [4.69, 9.17) is 14.2 Å². The van der Waals surface area contributed by atoms with Gasteiger partial charge in [-0.3, -0.25) is 14.4 Å². The highest BCUT2D eigenvalue weighted by atomic mass is 16.6. The molecular formula is C76H132O6. The highest BCUT2D eigenvalue weighted by Gasteiger charge is 2.19. The van der Waals surface area contributed by atoms with Gasteiger partial charge >= 0.3 is 17.9 Å². The molecule has 0 heterocycles. The van der Waals surface area contributed by atoms with Crippen LogP contribution in [0.25, 0.3) is 0 Å². The highest BCUT2D eigenvalue weighted by Crippen LogP contribution is 2.18. The summed E-state index contributed by atoms with van der Waals surface area (Å²) in [6, 6.07) is 0. The van der Waals surface area contributed by atoms with E-state index < -0.39 is 6.10 Å². The zero-order chi connectivity index (χ0) is 59.2. The van der Waals surface area contributed by atoms with Gasteiger partial charge in [-0.05, 0) is 89.9 Å². The molecule has 0 amide bonds. The van der Waals surface area contributed by atoms with Gasteiger partial charge in [0.2, 0.25) is 0 Å². The van der Waals surface area contributed by atoms with Crippen LogP contribution in [0.1, 0.15) is 348 Å². The number of hydrogen-bond donors (Lipinski definition) is 0. The summed E-state index contributed by atoms with van der Waals surface area (Å²) in [6.45, 7) is 6.50. The first-order valence-electron chi connectivity index (χ1n) is 35.2. The number of allylic oxidation sites excluding steroid dienone is 16. The van der Waals surface area contributed by atoms with Crippen LogP contribution in [0, 0.1) is 0 Å². The molecule has 0 aliphatic carbocycles. The van der Waals surface area contributed by atoms with Crippen LogP contribution < -0.4 is 0 Å². The fraction of sp³-hybridized carbons (Fsp3) is 0.750. The molecule has 0 aromatic carbocycles. The third-order valence-electron chi connectivity index (χ3n) is 15.3. The Morgan fingerprint density at radius 3 is 0.817 bits per heavy atom. The Morgan fingerprint density at radius 2 is 0.500 bits per heavy atom. The molecule has 0 radical (unpaired) electrons. The second kappa shape index (κ2) is 69.8. The van der Waals surface area contributed by atoms with Crippen LogP contribution in [0.15, 0.2) is 97.2 Å². The van der Waals surface area contributed by atoms with Crippen LogP contribution in [-0.2, 0) is 28.6 Å². The lowest BCUT2D eigenvalue weighted by Gasteiger charge is -2.18. The maximum atomic E-state index is 13.0. The largest absolute Gasteiger partial charge is 0.462 e. The lowest BCUT2D eigenvalue weighted by molar-refractivity contribution is -0.166. The lowest BCUT2D eigenvalue weighted by Crippen LogP contribution is -2.30. The van der Waals surface area contributed by atoms with Crippen LogP contribution in [-0.4, -0.2) is 37.2 Å². The minimum absolute atomic E-state index is 0.0992. The van der Waals surface area contributed by atoms with Gasteiger partial charge in [-0.15, -0.1) is 0 Å². The molecule has 0 saturated carbocycles. The molecule has 1 atom stereocenters. The average molecular weight is 1140 g/mol. The summed E-state index contributed by atoms with van der Waals surface area (Å²) in [7, 11) is 0. The van der Waals surface area contributed by atoms with E-state index in [1.165, 1.54) is 218 Å². The summed E-state index contributed by atoms with van der Waals surface area (Å²) < 4.78 is 16.9. The average Bonchev–Trinajstić information content (AvgIpc) is 3.47. The molecule has 0 aromatic heterocycles. The molecule has 0 rings (SSSR count). The number of unbranched alkanes of at least 4 members (excludes halogenated alkanes) is 37. The Kier molecular flexibility index (Phi) is 66.7. The summed E-state index contributed by atoms with van der Waals surface area (Å²) in [4.78, 5) is 38.4. The maximum absolute atomic E-state index is 13.0. The Labute approximate surface area is 508 Å². The Bertz CT molecular complexity index is 1590.